The molecule has 1 unspecified atom stereocenters. The first-order valence-electron chi connectivity index (χ1n) is 6.10. The summed E-state index contributed by atoms with van der Waals surface area (Å²) in [6.07, 6.45) is 1.64. The van der Waals surface area contributed by atoms with E-state index in [1.54, 1.807) is 30.0 Å². The van der Waals surface area contributed by atoms with Crippen molar-refractivity contribution in [2.45, 2.75) is 38.5 Å². The highest BCUT2D eigenvalue weighted by molar-refractivity contribution is 7.98. The van der Waals surface area contributed by atoms with Crippen LogP contribution in [-0.2, 0) is 21.7 Å². The summed E-state index contributed by atoms with van der Waals surface area (Å²) < 4.78 is 4.85. The Balaban J connectivity index is 2.16. The first kappa shape index (κ1) is 15.5. The van der Waals surface area contributed by atoms with E-state index in [4.69, 9.17) is 10.5 Å². The number of thiazole rings is 1. The van der Waals surface area contributed by atoms with Crippen molar-refractivity contribution in [2.24, 2.45) is 5.73 Å². The van der Waals surface area contributed by atoms with Gasteiger partial charge in [0.1, 0.15) is 6.04 Å². The second-order valence-corrected chi connectivity index (χ2v) is 5.83. The van der Waals surface area contributed by atoms with Gasteiger partial charge in [-0.15, -0.1) is 11.3 Å². The summed E-state index contributed by atoms with van der Waals surface area (Å²) in [7, 11) is 0. The number of nitrogens with two attached hydrogens (primary N) is 1. The van der Waals surface area contributed by atoms with Gasteiger partial charge in [0.05, 0.1) is 17.3 Å². The van der Waals surface area contributed by atoms with Crippen LogP contribution in [0.1, 0.15) is 31.0 Å². The van der Waals surface area contributed by atoms with Gasteiger partial charge >= 0.3 is 5.97 Å². The quantitative estimate of drug-likeness (QED) is 0.587. The van der Waals surface area contributed by atoms with Crippen LogP contribution < -0.4 is 5.73 Å². The van der Waals surface area contributed by atoms with Crippen molar-refractivity contribution in [1.29, 1.82) is 0 Å². The lowest BCUT2D eigenvalue weighted by atomic mass is 10.2. The summed E-state index contributed by atoms with van der Waals surface area (Å²) in [5.41, 5.74) is 6.82. The summed E-state index contributed by atoms with van der Waals surface area (Å²) in [5, 5.41) is 3.27. The largest absolute Gasteiger partial charge is 0.465 e. The zero-order valence-electron chi connectivity index (χ0n) is 10.8. The predicted octanol–water partition coefficient (Wildman–Crippen LogP) is 2.22. The second-order valence-electron chi connectivity index (χ2n) is 3.79. The average molecular weight is 288 g/mol. The molecule has 1 aromatic heterocycles. The molecule has 0 fully saturated rings. The molecule has 2 N–H and O–H groups in total. The maximum atomic E-state index is 11.3. The number of hydrogen-bond donors (Lipinski definition) is 1. The molecule has 102 valence electrons. The van der Waals surface area contributed by atoms with E-state index in [1.807, 2.05) is 0 Å². The van der Waals surface area contributed by atoms with Crippen LogP contribution in [0.15, 0.2) is 5.38 Å². The average Bonchev–Trinajstić information content (AvgIpc) is 2.82. The first-order chi connectivity index (χ1) is 8.67. The number of carbonyl (C=O) groups is 1. The lowest BCUT2D eigenvalue weighted by Gasteiger charge is -2.09. The standard InChI is InChI=1S/C12H20N2O2S2/c1-3-11-14-9(8-18-11)7-17-6-5-10(13)12(15)16-4-2/h8,10H,3-7,13H2,1-2H3. The molecule has 18 heavy (non-hydrogen) atoms. The minimum absolute atomic E-state index is 0.306. The summed E-state index contributed by atoms with van der Waals surface area (Å²) in [4.78, 5) is 15.8. The highest BCUT2D eigenvalue weighted by atomic mass is 32.2. The first-order valence-corrected chi connectivity index (χ1v) is 8.14. The molecule has 1 aromatic rings. The molecule has 1 heterocycles. The Kier molecular flexibility index (Phi) is 7.31. The monoisotopic (exact) mass is 288 g/mol. The summed E-state index contributed by atoms with van der Waals surface area (Å²) in [6, 6.07) is -0.501. The minimum Gasteiger partial charge on any atom is -0.465 e. The number of thioether (sulfide) groups is 1. The normalized spacial score (nSPS) is 12.4. The van der Waals surface area contributed by atoms with Crippen LogP contribution in [0.4, 0.5) is 0 Å². The molecule has 1 atom stereocenters. The van der Waals surface area contributed by atoms with E-state index in [1.165, 1.54) is 5.01 Å². The lowest BCUT2D eigenvalue weighted by molar-refractivity contribution is -0.144. The SMILES string of the molecule is CCOC(=O)C(N)CCSCc1csc(CC)n1. The molecule has 0 bridgehead atoms. The van der Waals surface area contributed by atoms with Crippen molar-refractivity contribution in [2.75, 3.05) is 12.4 Å². The van der Waals surface area contributed by atoms with Gasteiger partial charge in [-0.1, -0.05) is 6.92 Å². The molecule has 0 aliphatic rings. The van der Waals surface area contributed by atoms with Crippen molar-refractivity contribution in [3.8, 4) is 0 Å². The molecule has 0 aromatic carbocycles. The summed E-state index contributed by atoms with van der Waals surface area (Å²) in [5.74, 6) is 1.42. The van der Waals surface area contributed by atoms with Crippen molar-refractivity contribution < 1.29 is 9.53 Å². The smallest absolute Gasteiger partial charge is 0.322 e. The van der Waals surface area contributed by atoms with Crippen molar-refractivity contribution in [3.63, 3.8) is 0 Å². The van der Waals surface area contributed by atoms with Gasteiger partial charge in [0, 0.05) is 11.1 Å². The maximum absolute atomic E-state index is 11.3. The lowest BCUT2D eigenvalue weighted by Crippen LogP contribution is -2.32. The van der Waals surface area contributed by atoms with Gasteiger partial charge in [-0.25, -0.2) is 4.98 Å². The van der Waals surface area contributed by atoms with E-state index in [-0.39, 0.29) is 5.97 Å². The Morgan fingerprint density at radius 3 is 3.00 bits per heavy atom. The molecule has 0 aliphatic carbocycles. The Morgan fingerprint density at radius 2 is 2.39 bits per heavy atom. The van der Waals surface area contributed by atoms with Gasteiger partial charge < -0.3 is 10.5 Å². The van der Waals surface area contributed by atoms with Gasteiger partial charge in [-0.3, -0.25) is 4.79 Å². The van der Waals surface area contributed by atoms with Crippen LogP contribution in [0.25, 0.3) is 0 Å². The number of rotatable bonds is 8. The van der Waals surface area contributed by atoms with E-state index >= 15 is 0 Å². The number of hydrogen-bond acceptors (Lipinski definition) is 6. The van der Waals surface area contributed by atoms with E-state index in [2.05, 4.69) is 17.3 Å². The Bertz CT molecular complexity index is 369. The third-order valence-corrected chi connectivity index (χ3v) is 4.38. The highest BCUT2D eigenvalue weighted by Gasteiger charge is 2.13. The molecule has 6 heteroatoms. The second kappa shape index (κ2) is 8.50. The Hall–Kier alpha value is -0.590. The van der Waals surface area contributed by atoms with Gasteiger partial charge in [-0.05, 0) is 25.5 Å². The molecule has 0 saturated carbocycles. The highest BCUT2D eigenvalue weighted by Crippen LogP contribution is 2.17. The Labute approximate surface area is 116 Å². The van der Waals surface area contributed by atoms with Crippen LogP contribution in [0.2, 0.25) is 0 Å². The number of aryl methyl sites for hydroxylation is 1. The fourth-order valence-electron chi connectivity index (χ4n) is 1.33. The van der Waals surface area contributed by atoms with E-state index in [9.17, 15) is 4.79 Å². The van der Waals surface area contributed by atoms with Crippen LogP contribution >= 0.6 is 23.1 Å². The molecule has 4 nitrogen and oxygen atoms in total. The maximum Gasteiger partial charge on any atom is 0.322 e. The third kappa shape index (κ3) is 5.37. The zero-order chi connectivity index (χ0) is 13.4. The van der Waals surface area contributed by atoms with Crippen molar-refractivity contribution >= 4 is 29.1 Å². The fraction of sp³-hybridized carbons (Fsp3) is 0.667. The molecular weight excluding hydrogens is 268 g/mol. The summed E-state index contributed by atoms with van der Waals surface area (Å²) in [6.45, 7) is 4.28. The number of carbonyl (C=O) groups excluding carboxylic acids is 1. The topological polar surface area (TPSA) is 65.2 Å². The van der Waals surface area contributed by atoms with Gasteiger partial charge in [0.15, 0.2) is 0 Å². The predicted molar refractivity (Wildman–Crippen MR) is 76.9 cm³/mol. The minimum atomic E-state index is -0.501. The van der Waals surface area contributed by atoms with Gasteiger partial charge in [0.2, 0.25) is 0 Å². The number of aromatic nitrogens is 1. The van der Waals surface area contributed by atoms with Crippen LogP contribution in [0, 0.1) is 0 Å². The number of esters is 1. The van der Waals surface area contributed by atoms with Crippen molar-refractivity contribution in [3.05, 3.63) is 16.1 Å². The van der Waals surface area contributed by atoms with E-state index in [0.717, 1.165) is 23.6 Å². The molecular formula is C12H20N2O2S2. The van der Waals surface area contributed by atoms with Crippen LogP contribution in [-0.4, -0.2) is 29.4 Å². The van der Waals surface area contributed by atoms with Crippen LogP contribution in [0.3, 0.4) is 0 Å². The Morgan fingerprint density at radius 1 is 1.61 bits per heavy atom. The fourth-order valence-corrected chi connectivity index (χ4v) is 3.10. The molecule has 1 rings (SSSR count). The summed E-state index contributed by atoms with van der Waals surface area (Å²) >= 11 is 3.45. The van der Waals surface area contributed by atoms with E-state index < -0.39 is 6.04 Å². The molecule has 0 radical (unpaired) electrons. The number of nitrogens with zero attached hydrogens (tertiary/aromatic N) is 1. The molecule has 0 spiro atoms. The molecule has 0 aliphatic heterocycles. The van der Waals surface area contributed by atoms with Gasteiger partial charge in [-0.2, -0.15) is 11.8 Å². The van der Waals surface area contributed by atoms with Crippen molar-refractivity contribution in [1.82, 2.24) is 4.98 Å². The third-order valence-electron chi connectivity index (χ3n) is 2.31. The number of ether oxygens (including phenoxy) is 1. The molecule has 0 amide bonds. The molecule has 0 saturated heterocycles. The zero-order valence-corrected chi connectivity index (χ0v) is 12.5. The van der Waals surface area contributed by atoms with E-state index in [0.29, 0.717) is 13.0 Å². The van der Waals surface area contributed by atoms with Crippen LogP contribution in [0.5, 0.6) is 0 Å². The van der Waals surface area contributed by atoms with Gasteiger partial charge in [0.25, 0.3) is 0 Å².